The molecule has 0 aromatic heterocycles. The SMILES string of the molecule is CCC(N)C(c1cccc(C)c1)N1CCNC(=O)C1. The van der Waals surface area contributed by atoms with Crippen molar-refractivity contribution in [1.29, 1.82) is 0 Å². The van der Waals surface area contributed by atoms with Crippen LogP contribution in [0.15, 0.2) is 24.3 Å². The minimum atomic E-state index is 0.0488. The van der Waals surface area contributed by atoms with Gasteiger partial charge in [-0.15, -0.1) is 0 Å². The summed E-state index contributed by atoms with van der Waals surface area (Å²) in [5.41, 5.74) is 8.74. The summed E-state index contributed by atoms with van der Waals surface area (Å²) in [6.45, 7) is 6.18. The van der Waals surface area contributed by atoms with Crippen LogP contribution < -0.4 is 11.1 Å². The van der Waals surface area contributed by atoms with E-state index in [4.69, 9.17) is 5.73 Å². The average Bonchev–Trinajstić information content (AvgIpc) is 2.39. The van der Waals surface area contributed by atoms with Gasteiger partial charge in [-0.1, -0.05) is 36.8 Å². The Labute approximate surface area is 115 Å². The molecule has 1 amide bonds. The third-order valence-electron chi connectivity index (χ3n) is 3.72. The third kappa shape index (κ3) is 3.33. The van der Waals surface area contributed by atoms with E-state index >= 15 is 0 Å². The van der Waals surface area contributed by atoms with E-state index in [0.29, 0.717) is 13.1 Å². The standard InChI is InChI=1S/C15H23N3O/c1-3-13(16)15(12-6-4-5-11(2)9-12)18-8-7-17-14(19)10-18/h4-6,9,13,15H,3,7-8,10,16H2,1-2H3,(H,17,19). The van der Waals surface area contributed by atoms with Gasteiger partial charge in [0, 0.05) is 19.1 Å². The third-order valence-corrected chi connectivity index (χ3v) is 3.72. The molecular formula is C15H23N3O. The number of rotatable bonds is 4. The number of nitrogens with zero attached hydrogens (tertiary/aromatic N) is 1. The number of hydrogen-bond donors (Lipinski definition) is 2. The van der Waals surface area contributed by atoms with E-state index < -0.39 is 0 Å². The number of benzene rings is 1. The lowest BCUT2D eigenvalue weighted by molar-refractivity contribution is -0.125. The molecule has 1 aliphatic heterocycles. The van der Waals surface area contributed by atoms with Gasteiger partial charge in [-0.3, -0.25) is 9.69 Å². The number of nitrogens with one attached hydrogen (secondary N) is 1. The predicted octanol–water partition coefficient (Wildman–Crippen LogP) is 1.21. The van der Waals surface area contributed by atoms with E-state index in [2.05, 4.69) is 48.3 Å². The van der Waals surface area contributed by atoms with Crippen molar-refractivity contribution < 1.29 is 4.79 Å². The molecule has 1 aromatic carbocycles. The Kier molecular flexibility index (Phi) is 4.56. The van der Waals surface area contributed by atoms with Crippen LogP contribution in [0.3, 0.4) is 0 Å². The van der Waals surface area contributed by atoms with Crippen LogP contribution in [0.25, 0.3) is 0 Å². The second-order valence-corrected chi connectivity index (χ2v) is 5.25. The summed E-state index contributed by atoms with van der Waals surface area (Å²) in [4.78, 5) is 13.8. The van der Waals surface area contributed by atoms with Gasteiger partial charge in [0.25, 0.3) is 0 Å². The fourth-order valence-electron chi connectivity index (χ4n) is 2.70. The summed E-state index contributed by atoms with van der Waals surface area (Å²) < 4.78 is 0. The van der Waals surface area contributed by atoms with Gasteiger partial charge in [0.1, 0.15) is 0 Å². The molecule has 3 N–H and O–H groups in total. The topological polar surface area (TPSA) is 58.4 Å². The lowest BCUT2D eigenvalue weighted by Crippen LogP contribution is -2.52. The highest BCUT2D eigenvalue weighted by Gasteiger charge is 2.29. The van der Waals surface area contributed by atoms with Gasteiger partial charge in [-0.25, -0.2) is 0 Å². The summed E-state index contributed by atoms with van der Waals surface area (Å²) >= 11 is 0. The molecule has 4 nitrogen and oxygen atoms in total. The van der Waals surface area contributed by atoms with Crippen molar-refractivity contribution in [3.63, 3.8) is 0 Å². The minimum absolute atomic E-state index is 0.0488. The highest BCUT2D eigenvalue weighted by atomic mass is 16.2. The van der Waals surface area contributed by atoms with Gasteiger partial charge in [-0.05, 0) is 18.9 Å². The first kappa shape index (κ1) is 14.0. The lowest BCUT2D eigenvalue weighted by atomic mass is 9.94. The molecule has 0 radical (unpaired) electrons. The lowest BCUT2D eigenvalue weighted by Gasteiger charge is -2.37. The highest BCUT2D eigenvalue weighted by Crippen LogP contribution is 2.26. The van der Waals surface area contributed by atoms with Crippen molar-refractivity contribution in [2.45, 2.75) is 32.4 Å². The van der Waals surface area contributed by atoms with E-state index in [1.165, 1.54) is 11.1 Å². The monoisotopic (exact) mass is 261 g/mol. The van der Waals surface area contributed by atoms with Gasteiger partial charge in [0.05, 0.1) is 12.6 Å². The first-order chi connectivity index (χ1) is 9.11. The van der Waals surface area contributed by atoms with Crippen LogP contribution in [-0.4, -0.2) is 36.5 Å². The molecule has 1 heterocycles. The molecule has 0 saturated carbocycles. The highest BCUT2D eigenvalue weighted by molar-refractivity contribution is 5.78. The summed E-state index contributed by atoms with van der Waals surface area (Å²) in [6.07, 6.45) is 0.900. The van der Waals surface area contributed by atoms with Crippen LogP contribution in [0.4, 0.5) is 0 Å². The van der Waals surface area contributed by atoms with Gasteiger partial charge < -0.3 is 11.1 Å². The molecule has 4 heteroatoms. The molecule has 2 rings (SSSR count). The Hall–Kier alpha value is -1.39. The number of amides is 1. The minimum Gasteiger partial charge on any atom is -0.354 e. The Morgan fingerprint density at radius 1 is 1.47 bits per heavy atom. The number of nitrogens with two attached hydrogens (primary N) is 1. The van der Waals surface area contributed by atoms with Gasteiger partial charge >= 0.3 is 0 Å². The van der Waals surface area contributed by atoms with Crippen molar-refractivity contribution in [3.05, 3.63) is 35.4 Å². The Morgan fingerprint density at radius 3 is 2.89 bits per heavy atom. The van der Waals surface area contributed by atoms with Crippen LogP contribution in [0.5, 0.6) is 0 Å². The number of aryl methyl sites for hydroxylation is 1. The number of hydrogen-bond acceptors (Lipinski definition) is 3. The van der Waals surface area contributed by atoms with E-state index in [9.17, 15) is 4.79 Å². The largest absolute Gasteiger partial charge is 0.354 e. The first-order valence-electron chi connectivity index (χ1n) is 6.94. The van der Waals surface area contributed by atoms with E-state index in [1.54, 1.807) is 0 Å². The maximum absolute atomic E-state index is 11.6. The Balaban J connectivity index is 2.27. The van der Waals surface area contributed by atoms with Gasteiger partial charge in [0.2, 0.25) is 5.91 Å². The molecule has 2 unspecified atom stereocenters. The van der Waals surface area contributed by atoms with Crippen LogP contribution in [0, 0.1) is 6.92 Å². The fourth-order valence-corrected chi connectivity index (χ4v) is 2.70. The second kappa shape index (κ2) is 6.17. The van der Waals surface area contributed by atoms with E-state index in [1.807, 2.05) is 0 Å². The first-order valence-corrected chi connectivity index (χ1v) is 6.94. The maximum Gasteiger partial charge on any atom is 0.234 e. The quantitative estimate of drug-likeness (QED) is 0.856. The number of carbonyl (C=O) groups is 1. The maximum atomic E-state index is 11.6. The van der Waals surface area contributed by atoms with Crippen LogP contribution in [0.1, 0.15) is 30.5 Å². The normalized spacial score (nSPS) is 19.8. The molecular weight excluding hydrogens is 238 g/mol. The van der Waals surface area contributed by atoms with Crippen molar-refractivity contribution in [1.82, 2.24) is 10.2 Å². The zero-order valence-electron chi connectivity index (χ0n) is 11.7. The Morgan fingerprint density at radius 2 is 2.26 bits per heavy atom. The molecule has 2 atom stereocenters. The molecule has 1 aliphatic rings. The second-order valence-electron chi connectivity index (χ2n) is 5.25. The van der Waals surface area contributed by atoms with E-state index in [0.717, 1.165) is 13.0 Å². The molecule has 1 aromatic rings. The summed E-state index contributed by atoms with van der Waals surface area (Å²) in [5.74, 6) is 0.0900. The zero-order valence-corrected chi connectivity index (χ0v) is 11.7. The summed E-state index contributed by atoms with van der Waals surface area (Å²) in [5, 5.41) is 2.87. The predicted molar refractivity (Wildman–Crippen MR) is 76.8 cm³/mol. The molecule has 0 aliphatic carbocycles. The van der Waals surface area contributed by atoms with Crippen LogP contribution in [-0.2, 0) is 4.79 Å². The number of piperazine rings is 1. The summed E-state index contributed by atoms with van der Waals surface area (Å²) in [7, 11) is 0. The van der Waals surface area contributed by atoms with E-state index in [-0.39, 0.29) is 18.0 Å². The molecule has 104 valence electrons. The Bertz CT molecular complexity index is 447. The molecule has 1 fully saturated rings. The van der Waals surface area contributed by atoms with Gasteiger partial charge in [0.15, 0.2) is 0 Å². The van der Waals surface area contributed by atoms with Crippen LogP contribution >= 0.6 is 0 Å². The summed E-state index contributed by atoms with van der Waals surface area (Å²) in [6, 6.07) is 8.60. The molecule has 1 saturated heterocycles. The molecule has 19 heavy (non-hydrogen) atoms. The van der Waals surface area contributed by atoms with Crippen molar-refractivity contribution in [2.24, 2.45) is 5.73 Å². The molecule has 0 spiro atoms. The van der Waals surface area contributed by atoms with Gasteiger partial charge in [-0.2, -0.15) is 0 Å². The smallest absolute Gasteiger partial charge is 0.234 e. The van der Waals surface area contributed by atoms with Crippen molar-refractivity contribution >= 4 is 5.91 Å². The van der Waals surface area contributed by atoms with Crippen molar-refractivity contribution in [2.75, 3.05) is 19.6 Å². The zero-order chi connectivity index (χ0) is 13.8. The average molecular weight is 261 g/mol. The van der Waals surface area contributed by atoms with Crippen molar-refractivity contribution in [3.8, 4) is 0 Å². The number of carbonyl (C=O) groups excluding carboxylic acids is 1. The fraction of sp³-hybridized carbons (Fsp3) is 0.533. The van der Waals surface area contributed by atoms with Crippen LogP contribution in [0.2, 0.25) is 0 Å². The molecule has 0 bridgehead atoms.